The fourth-order valence-corrected chi connectivity index (χ4v) is 2.55. The lowest BCUT2D eigenvalue weighted by Crippen LogP contribution is -2.41. The molecular weight excluding hydrogens is 348 g/mol. The summed E-state index contributed by atoms with van der Waals surface area (Å²) in [6.45, 7) is 1.25. The number of rotatable bonds is 8. The lowest BCUT2D eigenvalue weighted by atomic mass is 9.94. The maximum Gasteiger partial charge on any atom is 0.308 e. The number of ether oxygens (including phenoxy) is 1. The quantitative estimate of drug-likeness (QED) is 0.659. The smallest absolute Gasteiger partial charge is 0.308 e. The van der Waals surface area contributed by atoms with E-state index in [1.165, 1.54) is 14.0 Å². The zero-order chi connectivity index (χ0) is 19.8. The first-order valence-corrected chi connectivity index (χ1v) is 8.41. The Labute approximate surface area is 157 Å². The third-order valence-corrected chi connectivity index (χ3v) is 4.11. The van der Waals surface area contributed by atoms with Crippen molar-refractivity contribution in [1.82, 2.24) is 10.6 Å². The second-order valence-corrected chi connectivity index (χ2v) is 6.00. The number of amides is 2. The Balaban J connectivity index is 2.01. The fraction of sp³-hybridized carbons (Fsp3) is 0.250. The Hall–Kier alpha value is -3.35. The van der Waals surface area contributed by atoms with Gasteiger partial charge in [-0.3, -0.25) is 14.4 Å². The summed E-state index contributed by atoms with van der Waals surface area (Å²) in [5.41, 5.74) is 1.04. The van der Waals surface area contributed by atoms with E-state index in [1.807, 2.05) is 6.07 Å². The highest BCUT2D eigenvalue weighted by Gasteiger charge is 2.26. The molecule has 0 aliphatic carbocycles. The van der Waals surface area contributed by atoms with Crippen molar-refractivity contribution >= 4 is 17.8 Å². The number of carboxylic acid groups (broad SMARTS) is 1. The van der Waals surface area contributed by atoms with Crippen molar-refractivity contribution in [3.05, 3.63) is 65.7 Å². The minimum atomic E-state index is -1.02. The number of methoxy groups -OCH3 is 1. The van der Waals surface area contributed by atoms with E-state index in [9.17, 15) is 19.5 Å². The Bertz CT molecular complexity index is 807. The molecule has 27 heavy (non-hydrogen) atoms. The van der Waals surface area contributed by atoms with Crippen molar-refractivity contribution in [1.29, 1.82) is 0 Å². The van der Waals surface area contributed by atoms with Crippen LogP contribution in [0.15, 0.2) is 54.6 Å². The standard InChI is InChI=1S/C20H22N2O5/c1-13(20(25)26)18(14-7-4-3-5-8-14)22-17(23)12-21-19(24)15-9-6-10-16(11-15)27-2/h3-11,13,18H,12H2,1-2H3,(H,21,24)(H,22,23)(H,25,26). The van der Waals surface area contributed by atoms with Gasteiger partial charge in [0.15, 0.2) is 0 Å². The van der Waals surface area contributed by atoms with Gasteiger partial charge in [-0.25, -0.2) is 0 Å². The zero-order valence-electron chi connectivity index (χ0n) is 15.1. The molecule has 0 heterocycles. The predicted molar refractivity (Wildman–Crippen MR) is 99.5 cm³/mol. The topological polar surface area (TPSA) is 105 Å². The molecule has 2 amide bonds. The molecule has 2 aromatic carbocycles. The van der Waals surface area contributed by atoms with Crippen LogP contribution in [-0.4, -0.2) is 36.5 Å². The molecule has 2 unspecified atom stereocenters. The van der Waals surface area contributed by atoms with Crippen molar-refractivity contribution in [2.24, 2.45) is 5.92 Å². The van der Waals surface area contributed by atoms with Gasteiger partial charge in [0, 0.05) is 5.56 Å². The number of hydrogen-bond donors (Lipinski definition) is 3. The molecule has 3 N–H and O–H groups in total. The molecular formula is C20H22N2O5. The summed E-state index contributed by atoms with van der Waals surface area (Å²) in [4.78, 5) is 35.8. The first kappa shape index (κ1) is 20.0. The summed E-state index contributed by atoms with van der Waals surface area (Å²) >= 11 is 0. The van der Waals surface area contributed by atoms with Crippen LogP contribution >= 0.6 is 0 Å². The molecule has 142 valence electrons. The zero-order valence-corrected chi connectivity index (χ0v) is 15.1. The van der Waals surface area contributed by atoms with Crippen LogP contribution in [0.4, 0.5) is 0 Å². The second kappa shape index (κ2) is 9.38. The lowest BCUT2D eigenvalue weighted by molar-refractivity contribution is -0.142. The molecule has 0 fully saturated rings. The monoisotopic (exact) mass is 370 g/mol. The number of carbonyl (C=O) groups excluding carboxylic acids is 2. The molecule has 0 saturated heterocycles. The van der Waals surface area contributed by atoms with Crippen LogP contribution in [-0.2, 0) is 9.59 Å². The minimum Gasteiger partial charge on any atom is -0.497 e. The van der Waals surface area contributed by atoms with E-state index in [1.54, 1.807) is 48.5 Å². The number of carboxylic acids is 1. The molecule has 2 aromatic rings. The molecule has 0 aliphatic rings. The van der Waals surface area contributed by atoms with Crippen LogP contribution < -0.4 is 15.4 Å². The van der Waals surface area contributed by atoms with E-state index in [0.717, 1.165) is 0 Å². The molecule has 0 aromatic heterocycles. The fourth-order valence-electron chi connectivity index (χ4n) is 2.55. The van der Waals surface area contributed by atoms with E-state index >= 15 is 0 Å². The summed E-state index contributed by atoms with van der Waals surface area (Å²) in [5, 5.41) is 14.5. The first-order chi connectivity index (χ1) is 12.9. The van der Waals surface area contributed by atoms with Gasteiger partial charge in [0.2, 0.25) is 5.91 Å². The van der Waals surface area contributed by atoms with Gasteiger partial charge in [-0.15, -0.1) is 0 Å². The number of carbonyl (C=O) groups is 3. The molecule has 2 atom stereocenters. The summed E-state index contributed by atoms with van der Waals surface area (Å²) in [6, 6.07) is 14.7. The second-order valence-electron chi connectivity index (χ2n) is 6.00. The van der Waals surface area contributed by atoms with E-state index in [-0.39, 0.29) is 6.54 Å². The van der Waals surface area contributed by atoms with Gasteiger partial charge in [0.05, 0.1) is 25.6 Å². The summed E-state index contributed by atoms with van der Waals surface area (Å²) in [5.74, 6) is -2.22. The summed E-state index contributed by atoms with van der Waals surface area (Å²) in [7, 11) is 1.50. The molecule has 0 aliphatic heterocycles. The predicted octanol–water partition coefficient (Wildman–Crippen LogP) is 2.00. The van der Waals surface area contributed by atoms with E-state index in [0.29, 0.717) is 16.9 Å². The number of aliphatic carboxylic acids is 1. The van der Waals surface area contributed by atoms with Crippen molar-refractivity contribution in [2.75, 3.05) is 13.7 Å². The third kappa shape index (κ3) is 5.57. The van der Waals surface area contributed by atoms with Gasteiger partial charge in [-0.1, -0.05) is 36.4 Å². The van der Waals surface area contributed by atoms with Crippen LogP contribution in [0.3, 0.4) is 0 Å². The van der Waals surface area contributed by atoms with Gasteiger partial charge in [0.25, 0.3) is 5.91 Å². The lowest BCUT2D eigenvalue weighted by Gasteiger charge is -2.23. The van der Waals surface area contributed by atoms with Crippen molar-refractivity contribution in [3.63, 3.8) is 0 Å². The molecule has 7 heteroatoms. The van der Waals surface area contributed by atoms with Crippen LogP contribution in [0.5, 0.6) is 5.75 Å². The maximum atomic E-state index is 12.3. The highest BCUT2D eigenvalue weighted by atomic mass is 16.5. The van der Waals surface area contributed by atoms with Crippen LogP contribution in [0, 0.1) is 5.92 Å². The largest absolute Gasteiger partial charge is 0.497 e. The van der Waals surface area contributed by atoms with Gasteiger partial charge in [0.1, 0.15) is 5.75 Å². The minimum absolute atomic E-state index is 0.272. The van der Waals surface area contributed by atoms with E-state index < -0.39 is 29.7 Å². The Morgan fingerprint density at radius 2 is 1.78 bits per heavy atom. The van der Waals surface area contributed by atoms with E-state index in [2.05, 4.69) is 10.6 Å². The maximum absolute atomic E-state index is 12.3. The summed E-state index contributed by atoms with van der Waals surface area (Å²) in [6.07, 6.45) is 0. The molecule has 0 saturated carbocycles. The molecule has 7 nitrogen and oxygen atoms in total. The number of nitrogens with one attached hydrogen (secondary N) is 2. The third-order valence-electron chi connectivity index (χ3n) is 4.11. The van der Waals surface area contributed by atoms with Crippen molar-refractivity contribution in [3.8, 4) is 5.75 Å². The Morgan fingerprint density at radius 3 is 2.41 bits per heavy atom. The average Bonchev–Trinajstić information content (AvgIpc) is 2.70. The highest BCUT2D eigenvalue weighted by molar-refractivity contribution is 5.96. The number of hydrogen-bond acceptors (Lipinski definition) is 4. The normalized spacial score (nSPS) is 12.5. The van der Waals surface area contributed by atoms with Gasteiger partial charge >= 0.3 is 5.97 Å². The first-order valence-electron chi connectivity index (χ1n) is 8.41. The molecule has 0 radical (unpaired) electrons. The van der Waals surface area contributed by atoms with Gasteiger partial charge in [-0.2, -0.15) is 0 Å². The number of benzene rings is 2. The molecule has 0 spiro atoms. The van der Waals surface area contributed by atoms with Crippen LogP contribution in [0.2, 0.25) is 0 Å². The summed E-state index contributed by atoms with van der Waals surface area (Å²) < 4.78 is 5.07. The van der Waals surface area contributed by atoms with Gasteiger partial charge < -0.3 is 20.5 Å². The Kier molecular flexibility index (Phi) is 6.93. The SMILES string of the molecule is COc1cccc(C(=O)NCC(=O)NC(c2ccccc2)C(C)C(=O)O)c1. The highest BCUT2D eigenvalue weighted by Crippen LogP contribution is 2.22. The molecule has 2 rings (SSSR count). The van der Waals surface area contributed by atoms with E-state index in [4.69, 9.17) is 4.74 Å². The average molecular weight is 370 g/mol. The van der Waals surface area contributed by atoms with Gasteiger partial charge in [-0.05, 0) is 30.7 Å². The van der Waals surface area contributed by atoms with Crippen LogP contribution in [0.25, 0.3) is 0 Å². The van der Waals surface area contributed by atoms with Crippen molar-refractivity contribution in [2.45, 2.75) is 13.0 Å². The molecule has 0 bridgehead atoms. The van der Waals surface area contributed by atoms with Crippen molar-refractivity contribution < 1.29 is 24.2 Å². The van der Waals surface area contributed by atoms with Crippen LogP contribution in [0.1, 0.15) is 28.9 Å². The Morgan fingerprint density at radius 1 is 1.07 bits per heavy atom.